The Labute approximate surface area is 277 Å². The SMILES string of the molecule is Cc1noc(C)c1S(=O)(=O)Nc1ccc2c(c1)C(=O)N([C@H](C)CO)C[C@@H](C)[C@@H](CN(C)C(=O)c1ccccc1)OCCCC[C@@H](C)O2. The molecule has 1 aliphatic heterocycles. The van der Waals surface area contributed by atoms with Crippen molar-refractivity contribution in [3.05, 3.63) is 71.1 Å². The maximum Gasteiger partial charge on any atom is 0.267 e. The highest BCUT2D eigenvalue weighted by molar-refractivity contribution is 7.92. The number of hydrogen-bond donors (Lipinski definition) is 2. The van der Waals surface area contributed by atoms with Gasteiger partial charge in [-0.15, -0.1) is 0 Å². The lowest BCUT2D eigenvalue weighted by Crippen LogP contribution is -2.48. The smallest absolute Gasteiger partial charge is 0.267 e. The lowest BCUT2D eigenvalue weighted by Gasteiger charge is -2.36. The minimum Gasteiger partial charge on any atom is -0.490 e. The molecule has 12 nitrogen and oxygen atoms in total. The van der Waals surface area contributed by atoms with E-state index < -0.39 is 28.1 Å². The average Bonchev–Trinajstić information content (AvgIpc) is 3.40. The number of carbonyl (C=O) groups is 2. The van der Waals surface area contributed by atoms with Gasteiger partial charge in [0.2, 0.25) is 0 Å². The molecule has 0 fully saturated rings. The first-order valence-electron chi connectivity index (χ1n) is 15.9. The van der Waals surface area contributed by atoms with Crippen LogP contribution in [0.2, 0.25) is 0 Å². The van der Waals surface area contributed by atoms with Crippen molar-refractivity contribution in [3.63, 3.8) is 0 Å². The van der Waals surface area contributed by atoms with Crippen LogP contribution in [0.25, 0.3) is 0 Å². The van der Waals surface area contributed by atoms with Crippen molar-refractivity contribution in [2.24, 2.45) is 5.92 Å². The number of nitrogens with one attached hydrogen (secondary N) is 1. The highest BCUT2D eigenvalue weighted by Crippen LogP contribution is 2.30. The molecule has 4 rings (SSSR count). The van der Waals surface area contributed by atoms with E-state index in [1.165, 1.54) is 19.9 Å². The molecule has 3 aromatic rings. The second-order valence-electron chi connectivity index (χ2n) is 12.3. The Kier molecular flexibility index (Phi) is 12.0. The van der Waals surface area contributed by atoms with Crippen LogP contribution in [0, 0.1) is 19.8 Å². The highest BCUT2D eigenvalue weighted by atomic mass is 32.2. The first kappa shape index (κ1) is 35.9. The van der Waals surface area contributed by atoms with E-state index in [0.717, 1.165) is 12.8 Å². The summed E-state index contributed by atoms with van der Waals surface area (Å²) in [6, 6.07) is 13.0. The standard InChI is InChI=1S/C34H46N4O8S/c1-22-19-38(23(2)21-39)34(41)29-18-28(36-47(42,43)32-25(4)35-46-26(32)5)15-16-30(29)45-24(3)12-10-11-17-44-31(22)20-37(6)33(40)27-13-8-7-9-14-27/h7-9,13-16,18,22-24,31,36,39H,10-12,17,19-21H2,1-6H3/t22-,23-,24-,31-/m1/s1. The second kappa shape index (κ2) is 15.8. The minimum absolute atomic E-state index is 0.0695. The molecule has 0 saturated heterocycles. The summed E-state index contributed by atoms with van der Waals surface area (Å²) in [5.41, 5.74) is 1.09. The molecule has 2 aromatic carbocycles. The van der Waals surface area contributed by atoms with Crippen molar-refractivity contribution in [1.29, 1.82) is 0 Å². The molecule has 47 heavy (non-hydrogen) atoms. The Hall–Kier alpha value is -3.94. The Morgan fingerprint density at radius 3 is 2.53 bits per heavy atom. The topological polar surface area (TPSA) is 152 Å². The molecule has 0 radical (unpaired) electrons. The van der Waals surface area contributed by atoms with Gasteiger partial charge in [0, 0.05) is 43.9 Å². The van der Waals surface area contributed by atoms with E-state index in [4.69, 9.17) is 14.0 Å². The van der Waals surface area contributed by atoms with Crippen LogP contribution in [-0.2, 0) is 14.8 Å². The molecule has 2 heterocycles. The summed E-state index contributed by atoms with van der Waals surface area (Å²) in [5.74, 6) is -0.367. The number of hydrogen-bond acceptors (Lipinski definition) is 9. The molecule has 0 spiro atoms. The molecule has 2 amide bonds. The predicted octanol–water partition coefficient (Wildman–Crippen LogP) is 4.66. The number of aliphatic hydroxyl groups excluding tert-OH is 1. The number of aromatic nitrogens is 1. The van der Waals surface area contributed by atoms with Crippen molar-refractivity contribution in [1.82, 2.24) is 15.0 Å². The molecular weight excluding hydrogens is 624 g/mol. The summed E-state index contributed by atoms with van der Waals surface area (Å²) >= 11 is 0. The van der Waals surface area contributed by atoms with Crippen molar-refractivity contribution in [3.8, 4) is 5.75 Å². The molecule has 2 N–H and O–H groups in total. The number of sulfonamides is 1. The Balaban J connectivity index is 1.67. The van der Waals surface area contributed by atoms with Gasteiger partial charge in [0.1, 0.15) is 11.4 Å². The number of rotatable bonds is 8. The summed E-state index contributed by atoms with van der Waals surface area (Å²) in [7, 11) is -2.35. The zero-order valence-electron chi connectivity index (χ0n) is 27.9. The minimum atomic E-state index is -4.09. The van der Waals surface area contributed by atoms with Gasteiger partial charge in [-0.05, 0) is 77.3 Å². The maximum atomic E-state index is 14.4. The zero-order chi connectivity index (χ0) is 34.3. The molecule has 1 aromatic heterocycles. The number of nitrogens with zero attached hydrogens (tertiary/aromatic N) is 3. The normalized spacial score (nSPS) is 20.4. The number of aryl methyl sites for hydroxylation is 2. The Morgan fingerprint density at radius 1 is 1.15 bits per heavy atom. The number of benzene rings is 2. The van der Waals surface area contributed by atoms with Gasteiger partial charge in [-0.25, -0.2) is 8.42 Å². The van der Waals surface area contributed by atoms with Gasteiger partial charge in [-0.2, -0.15) is 0 Å². The first-order chi connectivity index (χ1) is 22.3. The fourth-order valence-electron chi connectivity index (χ4n) is 5.67. The van der Waals surface area contributed by atoms with E-state index in [0.29, 0.717) is 30.9 Å². The van der Waals surface area contributed by atoms with Gasteiger partial charge in [-0.3, -0.25) is 14.3 Å². The fourth-order valence-corrected chi connectivity index (χ4v) is 7.05. The van der Waals surface area contributed by atoms with Crippen molar-refractivity contribution in [2.75, 3.05) is 38.1 Å². The van der Waals surface area contributed by atoms with Crippen LogP contribution in [0.5, 0.6) is 5.75 Å². The van der Waals surface area contributed by atoms with E-state index in [2.05, 4.69) is 9.88 Å². The number of anilines is 1. The monoisotopic (exact) mass is 670 g/mol. The number of fused-ring (bicyclic) bond motifs is 1. The summed E-state index contributed by atoms with van der Waals surface area (Å²) in [6.45, 7) is 9.32. The molecule has 0 bridgehead atoms. The van der Waals surface area contributed by atoms with Crippen LogP contribution < -0.4 is 9.46 Å². The van der Waals surface area contributed by atoms with E-state index >= 15 is 0 Å². The lowest BCUT2D eigenvalue weighted by atomic mass is 10.0. The zero-order valence-corrected chi connectivity index (χ0v) is 28.7. The third-order valence-corrected chi connectivity index (χ3v) is 9.99. The molecule has 0 aliphatic carbocycles. The Morgan fingerprint density at radius 2 is 1.87 bits per heavy atom. The Bertz CT molecular complexity index is 1610. The molecule has 0 unspecified atom stereocenters. The first-order valence-corrected chi connectivity index (χ1v) is 17.4. The van der Waals surface area contributed by atoms with Crippen LogP contribution >= 0.6 is 0 Å². The van der Waals surface area contributed by atoms with Crippen molar-refractivity contribution in [2.45, 2.75) is 77.0 Å². The summed E-state index contributed by atoms with van der Waals surface area (Å²) in [5, 5.41) is 14.0. The van der Waals surface area contributed by atoms with Gasteiger partial charge in [0.15, 0.2) is 10.7 Å². The third-order valence-electron chi connectivity index (χ3n) is 8.36. The average molecular weight is 671 g/mol. The molecule has 1 aliphatic rings. The van der Waals surface area contributed by atoms with E-state index in [1.807, 2.05) is 32.0 Å². The molecular formula is C34H46N4O8S. The van der Waals surface area contributed by atoms with E-state index in [1.54, 1.807) is 48.0 Å². The molecule has 4 atom stereocenters. The van der Waals surface area contributed by atoms with Gasteiger partial charge in [0.05, 0.1) is 30.4 Å². The van der Waals surface area contributed by atoms with Crippen LogP contribution in [0.1, 0.15) is 72.2 Å². The summed E-state index contributed by atoms with van der Waals surface area (Å²) < 4.78 is 46.8. The fraction of sp³-hybridized carbons (Fsp3) is 0.500. The maximum absolute atomic E-state index is 14.4. The van der Waals surface area contributed by atoms with E-state index in [-0.39, 0.29) is 58.7 Å². The van der Waals surface area contributed by atoms with Gasteiger partial charge in [-0.1, -0.05) is 30.3 Å². The summed E-state index contributed by atoms with van der Waals surface area (Å²) in [6.07, 6.45) is 1.63. The third kappa shape index (κ3) is 8.91. The lowest BCUT2D eigenvalue weighted by molar-refractivity contribution is -0.0149. The largest absolute Gasteiger partial charge is 0.490 e. The number of aliphatic hydroxyl groups is 1. The van der Waals surface area contributed by atoms with Crippen molar-refractivity contribution < 1.29 is 37.1 Å². The molecule has 256 valence electrons. The van der Waals surface area contributed by atoms with Crippen LogP contribution in [0.3, 0.4) is 0 Å². The molecule has 13 heteroatoms. The predicted molar refractivity (Wildman–Crippen MR) is 177 cm³/mol. The van der Waals surface area contributed by atoms with Crippen LogP contribution in [0.4, 0.5) is 5.69 Å². The van der Waals surface area contributed by atoms with Crippen molar-refractivity contribution >= 4 is 27.5 Å². The molecule has 0 saturated carbocycles. The van der Waals surface area contributed by atoms with Gasteiger partial charge >= 0.3 is 0 Å². The highest BCUT2D eigenvalue weighted by Gasteiger charge is 2.32. The number of ether oxygens (including phenoxy) is 2. The van der Waals surface area contributed by atoms with Gasteiger partial charge < -0.3 is 28.9 Å². The van der Waals surface area contributed by atoms with Crippen LogP contribution in [0.15, 0.2) is 57.9 Å². The number of likely N-dealkylation sites (N-methyl/N-ethyl adjacent to an activating group) is 1. The summed E-state index contributed by atoms with van der Waals surface area (Å²) in [4.78, 5) is 30.6. The van der Waals surface area contributed by atoms with Gasteiger partial charge in [0.25, 0.3) is 21.8 Å². The van der Waals surface area contributed by atoms with Crippen LogP contribution in [-0.4, -0.2) is 91.9 Å². The number of amides is 2. The van der Waals surface area contributed by atoms with E-state index in [9.17, 15) is 23.1 Å². The quantitative estimate of drug-likeness (QED) is 0.349. The number of carbonyl (C=O) groups excluding carboxylic acids is 2. The second-order valence-corrected chi connectivity index (χ2v) is 13.9.